The van der Waals surface area contributed by atoms with Crippen molar-refractivity contribution in [3.63, 3.8) is 0 Å². The van der Waals surface area contributed by atoms with E-state index < -0.39 is 0 Å². The fraction of sp³-hybridized carbons (Fsp3) is 0.455. The van der Waals surface area contributed by atoms with Crippen LogP contribution in [0.4, 0.5) is 5.95 Å². The van der Waals surface area contributed by atoms with Crippen LogP contribution in [0.5, 0.6) is 0 Å². The van der Waals surface area contributed by atoms with E-state index in [0.29, 0.717) is 12.0 Å². The molecule has 1 fully saturated rings. The summed E-state index contributed by atoms with van der Waals surface area (Å²) >= 11 is 0. The maximum absolute atomic E-state index is 5.98. The van der Waals surface area contributed by atoms with Crippen molar-refractivity contribution >= 4 is 17.1 Å². The Morgan fingerprint density at radius 2 is 2.19 bits per heavy atom. The predicted octanol–water partition coefficient (Wildman–Crippen LogP) is 0.938. The van der Waals surface area contributed by atoms with E-state index in [1.807, 2.05) is 12.1 Å². The van der Waals surface area contributed by atoms with Crippen LogP contribution in [-0.4, -0.2) is 27.6 Å². The van der Waals surface area contributed by atoms with Crippen LogP contribution in [0.3, 0.4) is 0 Å². The number of hydrogen-bond acceptors (Lipinski definition) is 4. The maximum atomic E-state index is 5.98. The van der Waals surface area contributed by atoms with Crippen LogP contribution in [0.15, 0.2) is 18.3 Å². The van der Waals surface area contributed by atoms with Gasteiger partial charge < -0.3 is 11.1 Å². The fourth-order valence-electron chi connectivity index (χ4n) is 2.37. The third-order valence-electron chi connectivity index (χ3n) is 3.15. The van der Waals surface area contributed by atoms with E-state index in [0.717, 1.165) is 37.1 Å². The molecule has 16 heavy (non-hydrogen) atoms. The number of anilines is 1. The molecular weight excluding hydrogens is 202 g/mol. The van der Waals surface area contributed by atoms with Crippen molar-refractivity contribution < 1.29 is 0 Å². The van der Waals surface area contributed by atoms with Crippen molar-refractivity contribution in [1.82, 2.24) is 19.9 Å². The lowest BCUT2D eigenvalue weighted by Gasteiger charge is -2.24. The topological polar surface area (TPSA) is 68.8 Å². The second-order valence-electron chi connectivity index (χ2n) is 4.17. The van der Waals surface area contributed by atoms with Gasteiger partial charge in [-0.1, -0.05) is 0 Å². The molecule has 2 aromatic rings. The van der Waals surface area contributed by atoms with E-state index in [1.54, 1.807) is 6.20 Å². The largest absolute Gasteiger partial charge is 0.369 e. The molecule has 0 saturated carbocycles. The van der Waals surface area contributed by atoms with Crippen molar-refractivity contribution in [2.45, 2.75) is 18.9 Å². The average molecular weight is 217 g/mol. The lowest BCUT2D eigenvalue weighted by Crippen LogP contribution is -2.30. The van der Waals surface area contributed by atoms with Gasteiger partial charge in [-0.15, -0.1) is 0 Å². The normalized spacial score (nSPS) is 18.0. The predicted molar refractivity (Wildman–Crippen MR) is 63.1 cm³/mol. The molecule has 5 heteroatoms. The molecule has 3 rings (SSSR count). The molecule has 0 atom stereocenters. The highest BCUT2D eigenvalue weighted by Gasteiger charge is 2.20. The Morgan fingerprint density at radius 3 is 3.00 bits per heavy atom. The highest BCUT2D eigenvalue weighted by atomic mass is 15.2. The molecule has 0 aromatic carbocycles. The summed E-state index contributed by atoms with van der Waals surface area (Å²) in [6, 6.07) is 4.28. The highest BCUT2D eigenvalue weighted by molar-refractivity contribution is 5.73. The van der Waals surface area contributed by atoms with Crippen molar-refractivity contribution in [3.05, 3.63) is 18.3 Å². The van der Waals surface area contributed by atoms with Crippen LogP contribution in [0.25, 0.3) is 11.2 Å². The van der Waals surface area contributed by atoms with Gasteiger partial charge in [-0.3, -0.25) is 4.57 Å². The molecule has 0 radical (unpaired) electrons. The summed E-state index contributed by atoms with van der Waals surface area (Å²) in [5, 5.41) is 3.35. The Kier molecular flexibility index (Phi) is 2.25. The zero-order chi connectivity index (χ0) is 11.0. The van der Waals surface area contributed by atoms with Crippen molar-refractivity contribution in [1.29, 1.82) is 0 Å². The second-order valence-corrected chi connectivity index (χ2v) is 4.17. The Labute approximate surface area is 93.7 Å². The van der Waals surface area contributed by atoms with E-state index in [1.165, 1.54) is 0 Å². The van der Waals surface area contributed by atoms with Crippen LogP contribution in [0, 0.1) is 0 Å². The van der Waals surface area contributed by atoms with Crippen LogP contribution < -0.4 is 11.1 Å². The standard InChI is InChI=1S/C11H15N5/c12-11-15-9-2-1-5-14-10(9)16(11)8-3-6-13-7-4-8/h1-2,5,8,13H,3-4,6-7H2,(H2,12,15). The van der Waals surface area contributed by atoms with Gasteiger partial charge in [-0.05, 0) is 38.1 Å². The van der Waals surface area contributed by atoms with E-state index in [2.05, 4.69) is 19.9 Å². The number of rotatable bonds is 1. The summed E-state index contributed by atoms with van der Waals surface area (Å²) in [7, 11) is 0. The minimum atomic E-state index is 0.432. The first kappa shape index (κ1) is 9.59. The molecule has 1 saturated heterocycles. The first-order chi connectivity index (χ1) is 7.86. The van der Waals surface area contributed by atoms with E-state index in [4.69, 9.17) is 5.73 Å². The lowest BCUT2D eigenvalue weighted by atomic mass is 10.1. The van der Waals surface area contributed by atoms with Crippen LogP contribution in [-0.2, 0) is 0 Å². The Hall–Kier alpha value is -1.62. The van der Waals surface area contributed by atoms with Crippen LogP contribution in [0.1, 0.15) is 18.9 Å². The molecule has 0 unspecified atom stereocenters. The Balaban J connectivity index is 2.10. The van der Waals surface area contributed by atoms with Gasteiger partial charge in [0.1, 0.15) is 5.52 Å². The summed E-state index contributed by atoms with van der Waals surface area (Å²) in [6.07, 6.45) is 3.97. The summed E-state index contributed by atoms with van der Waals surface area (Å²) in [6.45, 7) is 2.08. The zero-order valence-electron chi connectivity index (χ0n) is 9.06. The number of nitrogens with zero attached hydrogens (tertiary/aromatic N) is 3. The van der Waals surface area contributed by atoms with Gasteiger partial charge in [0.25, 0.3) is 0 Å². The van der Waals surface area contributed by atoms with E-state index in [9.17, 15) is 0 Å². The van der Waals surface area contributed by atoms with Gasteiger partial charge >= 0.3 is 0 Å². The van der Waals surface area contributed by atoms with Crippen LogP contribution in [0.2, 0.25) is 0 Å². The minimum absolute atomic E-state index is 0.432. The molecule has 1 aliphatic rings. The molecule has 3 heterocycles. The molecule has 84 valence electrons. The minimum Gasteiger partial charge on any atom is -0.369 e. The van der Waals surface area contributed by atoms with E-state index in [-0.39, 0.29) is 0 Å². The Morgan fingerprint density at radius 1 is 1.38 bits per heavy atom. The number of pyridine rings is 1. The van der Waals surface area contributed by atoms with Gasteiger partial charge in [-0.2, -0.15) is 0 Å². The van der Waals surface area contributed by atoms with Gasteiger partial charge in [0.05, 0.1) is 0 Å². The Bertz CT molecular complexity index is 498. The number of aromatic nitrogens is 3. The molecular formula is C11H15N5. The molecule has 3 N–H and O–H groups in total. The van der Waals surface area contributed by atoms with Gasteiger partial charge in [-0.25, -0.2) is 9.97 Å². The van der Waals surface area contributed by atoms with Gasteiger partial charge in [0.15, 0.2) is 5.65 Å². The third-order valence-corrected chi connectivity index (χ3v) is 3.15. The smallest absolute Gasteiger partial charge is 0.202 e. The molecule has 0 aliphatic carbocycles. The number of fused-ring (bicyclic) bond motifs is 1. The first-order valence-electron chi connectivity index (χ1n) is 5.65. The van der Waals surface area contributed by atoms with E-state index >= 15 is 0 Å². The average Bonchev–Trinajstić information content (AvgIpc) is 2.66. The number of piperidine rings is 1. The molecule has 5 nitrogen and oxygen atoms in total. The summed E-state index contributed by atoms with van der Waals surface area (Å²) in [5.41, 5.74) is 7.77. The highest BCUT2D eigenvalue weighted by Crippen LogP contribution is 2.26. The first-order valence-corrected chi connectivity index (χ1v) is 5.65. The van der Waals surface area contributed by atoms with Gasteiger partial charge in [0, 0.05) is 12.2 Å². The quantitative estimate of drug-likeness (QED) is 0.746. The number of nitrogens with two attached hydrogens (primary N) is 1. The fourth-order valence-corrected chi connectivity index (χ4v) is 2.37. The molecule has 2 aromatic heterocycles. The SMILES string of the molecule is Nc1nc2cccnc2n1C1CCNCC1. The monoisotopic (exact) mass is 217 g/mol. The number of hydrogen-bond donors (Lipinski definition) is 2. The molecule has 1 aliphatic heterocycles. The molecule has 0 spiro atoms. The maximum Gasteiger partial charge on any atom is 0.202 e. The number of imidazole rings is 1. The summed E-state index contributed by atoms with van der Waals surface area (Å²) in [4.78, 5) is 8.72. The molecule has 0 amide bonds. The summed E-state index contributed by atoms with van der Waals surface area (Å²) < 4.78 is 2.08. The zero-order valence-corrected chi connectivity index (χ0v) is 9.06. The number of nitrogen functional groups attached to an aromatic ring is 1. The molecule has 0 bridgehead atoms. The van der Waals surface area contributed by atoms with Crippen molar-refractivity contribution in [2.24, 2.45) is 0 Å². The van der Waals surface area contributed by atoms with Crippen LogP contribution >= 0.6 is 0 Å². The summed E-state index contributed by atoms with van der Waals surface area (Å²) in [5.74, 6) is 0.584. The lowest BCUT2D eigenvalue weighted by molar-refractivity contribution is 0.377. The second kappa shape index (κ2) is 3.75. The van der Waals surface area contributed by atoms with Crippen molar-refractivity contribution in [2.75, 3.05) is 18.8 Å². The van der Waals surface area contributed by atoms with Crippen molar-refractivity contribution in [3.8, 4) is 0 Å². The third kappa shape index (κ3) is 1.44. The number of nitrogens with one attached hydrogen (secondary N) is 1. The van der Waals surface area contributed by atoms with Gasteiger partial charge in [0.2, 0.25) is 5.95 Å².